The fourth-order valence-electron chi connectivity index (χ4n) is 3.00. The van der Waals surface area contributed by atoms with Crippen molar-refractivity contribution in [3.63, 3.8) is 0 Å². The Morgan fingerprint density at radius 2 is 0.500 bits per heavy atom. The van der Waals surface area contributed by atoms with Gasteiger partial charge in [-0.25, -0.2) is 0 Å². The van der Waals surface area contributed by atoms with Gasteiger partial charge in [0, 0.05) is 102 Å². The Labute approximate surface area is 596 Å². The highest BCUT2D eigenvalue weighted by Gasteiger charge is 1.99. The number of hydrogen-bond acceptors (Lipinski definition) is 16. The van der Waals surface area contributed by atoms with Crippen molar-refractivity contribution in [1.29, 1.82) is 0 Å². The van der Waals surface area contributed by atoms with Crippen LogP contribution in [0.3, 0.4) is 0 Å². The average molecular weight is 1390 g/mol. The maximum atomic E-state index is 10.3. The van der Waals surface area contributed by atoms with E-state index >= 15 is 0 Å². The Hall–Kier alpha value is -6.08. The van der Waals surface area contributed by atoms with Crippen LogP contribution >= 0.6 is 0 Å². The van der Waals surface area contributed by atoms with Crippen LogP contribution < -0.4 is 16.0 Å². The van der Waals surface area contributed by atoms with E-state index in [-0.39, 0.29) is 208 Å². The van der Waals surface area contributed by atoms with E-state index in [1.54, 1.807) is 53.5 Å². The van der Waals surface area contributed by atoms with Gasteiger partial charge in [0.1, 0.15) is 0 Å². The highest BCUT2D eigenvalue weighted by atomic mass is 16.5. The lowest BCUT2D eigenvalue weighted by Gasteiger charge is -2.09. The molecule has 1 unspecified atom stereocenters. The van der Waals surface area contributed by atoms with Crippen molar-refractivity contribution >= 4 is 59.4 Å². The summed E-state index contributed by atoms with van der Waals surface area (Å²) >= 11 is 0. The van der Waals surface area contributed by atoms with Gasteiger partial charge in [-0.05, 0) is 82.1 Å². The van der Waals surface area contributed by atoms with E-state index in [9.17, 15) is 47.9 Å². The van der Waals surface area contributed by atoms with Crippen LogP contribution in [0.2, 0.25) is 0 Å². The third kappa shape index (κ3) is 370. The molecule has 0 heterocycles. The first-order valence-electron chi connectivity index (χ1n) is 25.1. The van der Waals surface area contributed by atoms with Gasteiger partial charge in [-0.15, -0.1) is 0 Å². The predicted molar refractivity (Wildman–Crippen MR) is 432 cm³/mol. The van der Waals surface area contributed by atoms with Gasteiger partial charge < -0.3 is 49.3 Å². The predicted octanol–water partition coefficient (Wildman–Crippen LogP) is 21.4. The van der Waals surface area contributed by atoms with Crippen LogP contribution in [0.4, 0.5) is 0 Å². The molecule has 0 radical (unpaired) electrons. The molecular formula is C74H188N4O16. The van der Waals surface area contributed by atoms with Gasteiger partial charge in [0.05, 0.1) is 39.6 Å². The zero-order valence-electron chi connectivity index (χ0n) is 51.1. The molecule has 1 rings (SSSR count). The molecule has 3 N–H and O–H groups in total. The van der Waals surface area contributed by atoms with Crippen molar-refractivity contribution in [2.45, 2.75) is 328 Å². The normalized spacial score (nSPS) is 6.62. The number of ether oxygens (including phenoxy) is 6. The maximum absolute atomic E-state index is 10.3. The minimum absolute atomic E-state index is 0. The number of carbonyl (C=O) groups is 10. The van der Waals surface area contributed by atoms with Crippen molar-refractivity contribution in [2.75, 3.05) is 72.9 Å². The summed E-state index contributed by atoms with van der Waals surface area (Å²) in [6.45, 7) is 49.3. The van der Waals surface area contributed by atoms with Gasteiger partial charge >= 0.3 is 35.8 Å². The zero-order chi connectivity index (χ0) is 61.1. The van der Waals surface area contributed by atoms with Crippen LogP contribution in [0, 0.1) is 19.8 Å². The molecule has 0 aromatic heterocycles. The molecule has 1 aromatic rings. The van der Waals surface area contributed by atoms with Crippen LogP contribution in [-0.4, -0.2) is 137 Å². The number of aryl methyl sites for hydroxylation is 2. The number of carbonyl (C=O) groups excluding carboxylic acids is 10. The van der Waals surface area contributed by atoms with Gasteiger partial charge in [0.25, 0.3) is 0 Å². The largest absolute Gasteiger partial charge is 0.466 e. The molecule has 20 nitrogen and oxygen atoms in total. The molecule has 0 saturated heterocycles. The second kappa shape index (κ2) is 179. The van der Waals surface area contributed by atoms with E-state index in [4.69, 9.17) is 4.74 Å². The Kier molecular flexibility index (Phi) is 390. The van der Waals surface area contributed by atoms with Crippen LogP contribution in [-0.2, 0) is 76.4 Å². The van der Waals surface area contributed by atoms with Gasteiger partial charge in [-0.1, -0.05) is 218 Å². The smallest absolute Gasteiger partial charge is 0.302 e. The van der Waals surface area contributed by atoms with Crippen LogP contribution in [0.25, 0.3) is 0 Å². The van der Waals surface area contributed by atoms with E-state index in [0.29, 0.717) is 45.6 Å². The summed E-state index contributed by atoms with van der Waals surface area (Å²) in [6.07, 6.45) is 1.06. The van der Waals surface area contributed by atoms with E-state index < -0.39 is 0 Å². The lowest BCUT2D eigenvalue weighted by molar-refractivity contribution is -0.142. The van der Waals surface area contributed by atoms with Crippen LogP contribution in [0.5, 0.6) is 0 Å². The summed E-state index contributed by atoms with van der Waals surface area (Å²) in [5.74, 6) is -0.498. The topological polar surface area (TPSA) is 265 Å². The van der Waals surface area contributed by atoms with Crippen molar-refractivity contribution in [3.8, 4) is 0 Å². The standard InChI is InChI=1S/C8H10.C7H14O2.C5H11NO.3C4H9NO.5C4H8O2.C2H6.20CH4/c1-7-3-5-8(2)6-4-7;1-4-6(2)5-9-7(3)8;1-4-6(3)5(2)7;3*1-3-5-4(2)6;5*1-3-6-4(2)5;1-2;;;;;;;;;;;;;;;;;;;;/h3-6H,1-2H3;6H,4-5H2,1-3H3;4H2,1-3H3;3*3H2,1-2H3,(H,5,6);5*3H2,1-2H3;1-2H3;20*1H4. The molecule has 600 valence electrons. The number of benzene rings is 1. The Morgan fingerprint density at radius 3 is 0.553 bits per heavy atom. The van der Waals surface area contributed by atoms with Crippen LogP contribution in [0.15, 0.2) is 24.3 Å². The molecule has 0 spiro atoms. The third-order valence-electron chi connectivity index (χ3n) is 6.51. The summed E-state index contributed by atoms with van der Waals surface area (Å²) < 4.78 is 26.8. The molecular weight excluding hydrogens is 1200 g/mol. The molecule has 0 aliphatic rings. The lowest BCUT2D eigenvalue weighted by atomic mass is 10.1. The van der Waals surface area contributed by atoms with Crippen molar-refractivity contribution in [1.82, 2.24) is 20.9 Å². The lowest BCUT2D eigenvalue weighted by Crippen LogP contribution is -2.22. The minimum atomic E-state index is -0.211. The molecule has 20 heteroatoms. The molecule has 0 fully saturated rings. The second-order valence-corrected chi connectivity index (χ2v) is 13.9. The molecule has 4 amide bonds. The molecule has 0 aliphatic carbocycles. The molecule has 0 saturated carbocycles. The van der Waals surface area contributed by atoms with Gasteiger partial charge in [-0.3, -0.25) is 47.9 Å². The summed E-state index contributed by atoms with van der Waals surface area (Å²) in [5.41, 5.74) is 2.66. The van der Waals surface area contributed by atoms with Crippen LogP contribution in [0.1, 0.15) is 325 Å². The summed E-state index contributed by atoms with van der Waals surface area (Å²) in [5, 5.41) is 7.71. The first-order valence-corrected chi connectivity index (χ1v) is 25.1. The Balaban J connectivity index is -0.0000000157. The number of nitrogens with zero attached hydrogens (tertiary/aromatic N) is 1. The average Bonchev–Trinajstić information content (AvgIpc) is 3.28. The Bertz CT molecular complexity index is 1250. The third-order valence-corrected chi connectivity index (χ3v) is 6.51. The first-order chi connectivity index (χ1) is 34.3. The molecule has 0 bridgehead atoms. The molecule has 1 atom stereocenters. The molecule has 1 aromatic carbocycles. The fourth-order valence-corrected chi connectivity index (χ4v) is 3.00. The number of hydrogen-bond donors (Lipinski definition) is 3. The highest BCUT2D eigenvalue weighted by Crippen LogP contribution is 2.00. The molecule has 94 heavy (non-hydrogen) atoms. The van der Waals surface area contributed by atoms with Gasteiger partial charge in [-0.2, -0.15) is 0 Å². The molecule has 0 aliphatic heterocycles. The summed E-state index contributed by atoms with van der Waals surface area (Å²) in [4.78, 5) is 101. The van der Waals surface area contributed by atoms with Crippen molar-refractivity contribution in [3.05, 3.63) is 35.4 Å². The van der Waals surface area contributed by atoms with E-state index in [0.717, 1.165) is 32.6 Å². The van der Waals surface area contributed by atoms with E-state index in [1.807, 2.05) is 41.5 Å². The monoisotopic (exact) mass is 1390 g/mol. The number of amides is 4. The van der Waals surface area contributed by atoms with Crippen molar-refractivity contribution in [2.24, 2.45) is 5.92 Å². The second-order valence-electron chi connectivity index (χ2n) is 13.9. The number of rotatable bonds is 12. The number of esters is 6. The SMILES string of the molecule is C.C.C.C.C.C.C.C.C.C.C.C.C.C.C.C.C.C.C.C.CC.CCC(C)COC(C)=O.CCN(C)C(C)=O.CCNC(C)=O.CCNC(C)=O.CCNC(C)=O.CCOC(C)=O.CCOC(C)=O.CCOC(C)=O.CCOC(C)=O.CCOC(C)=O.Cc1ccc(C)cc1. The van der Waals surface area contributed by atoms with Gasteiger partial charge in [0.15, 0.2) is 0 Å². The first kappa shape index (κ1) is 205. The number of nitrogens with one attached hydrogen (secondary N) is 3. The summed E-state index contributed by atoms with van der Waals surface area (Å²) in [6, 6.07) is 8.48. The zero-order valence-corrected chi connectivity index (χ0v) is 51.1. The fraction of sp³-hybridized carbons (Fsp3) is 0.784. The van der Waals surface area contributed by atoms with Crippen molar-refractivity contribution < 1.29 is 76.4 Å². The van der Waals surface area contributed by atoms with E-state index in [2.05, 4.69) is 91.6 Å². The minimum Gasteiger partial charge on any atom is -0.466 e. The maximum Gasteiger partial charge on any atom is 0.302 e. The summed E-state index contributed by atoms with van der Waals surface area (Å²) in [7, 11) is 1.78. The Morgan fingerprint density at radius 1 is 0.340 bits per heavy atom. The highest BCUT2D eigenvalue weighted by molar-refractivity contribution is 5.73. The quantitative estimate of drug-likeness (QED) is 0.130. The van der Waals surface area contributed by atoms with E-state index in [1.165, 1.54) is 73.4 Å². The van der Waals surface area contributed by atoms with Gasteiger partial charge in [0.2, 0.25) is 23.6 Å².